The summed E-state index contributed by atoms with van der Waals surface area (Å²) in [6, 6.07) is 16.8. The Bertz CT molecular complexity index is 728. The first-order valence-electron chi connectivity index (χ1n) is 8.60. The highest BCUT2D eigenvalue weighted by molar-refractivity contribution is 5.94. The zero-order valence-electron chi connectivity index (χ0n) is 14.2. The van der Waals surface area contributed by atoms with Crippen LogP contribution in [0.5, 0.6) is 0 Å². The second-order valence-electron chi connectivity index (χ2n) is 6.28. The Morgan fingerprint density at radius 1 is 1.12 bits per heavy atom. The minimum atomic E-state index is -0.232. The van der Waals surface area contributed by atoms with E-state index in [-0.39, 0.29) is 17.9 Å². The highest BCUT2D eigenvalue weighted by atomic mass is 16.2. The largest absolute Gasteiger partial charge is 0.343 e. The minimum absolute atomic E-state index is 0.149. The lowest BCUT2D eigenvalue weighted by atomic mass is 10.1. The van der Waals surface area contributed by atoms with Crippen molar-refractivity contribution in [1.29, 1.82) is 0 Å². The molecule has 0 spiro atoms. The standard InChI is InChI=1S/C20H23N3O2/c21-13-15-8-10-17(11-9-15)20(25)22-18(16-5-2-1-3-6-16)14-23-12-4-7-19(23)24/h1-3,5-6,8-11,18H,4,7,12-14,21H2,(H,22,25). The van der Waals surface area contributed by atoms with Crippen LogP contribution in [-0.4, -0.2) is 29.8 Å². The quantitative estimate of drug-likeness (QED) is 0.849. The summed E-state index contributed by atoms with van der Waals surface area (Å²) in [5.74, 6) is 0.00606. The van der Waals surface area contributed by atoms with Crippen LogP contribution in [0.3, 0.4) is 0 Å². The molecule has 0 saturated carbocycles. The summed E-state index contributed by atoms with van der Waals surface area (Å²) < 4.78 is 0. The summed E-state index contributed by atoms with van der Waals surface area (Å²) in [7, 11) is 0. The summed E-state index contributed by atoms with van der Waals surface area (Å²) in [4.78, 5) is 26.4. The number of rotatable bonds is 6. The molecule has 130 valence electrons. The van der Waals surface area contributed by atoms with Gasteiger partial charge in [-0.25, -0.2) is 0 Å². The van der Waals surface area contributed by atoms with Crippen molar-refractivity contribution in [3.05, 3.63) is 71.3 Å². The van der Waals surface area contributed by atoms with E-state index in [4.69, 9.17) is 5.73 Å². The fraction of sp³-hybridized carbons (Fsp3) is 0.300. The Hall–Kier alpha value is -2.66. The molecule has 1 unspecified atom stereocenters. The lowest BCUT2D eigenvalue weighted by Crippen LogP contribution is -2.38. The van der Waals surface area contributed by atoms with Gasteiger partial charge in [-0.2, -0.15) is 0 Å². The molecule has 0 radical (unpaired) electrons. The number of nitrogens with one attached hydrogen (secondary N) is 1. The molecule has 3 N–H and O–H groups in total. The number of amides is 2. The van der Waals surface area contributed by atoms with Gasteiger partial charge in [0, 0.05) is 31.6 Å². The van der Waals surface area contributed by atoms with Gasteiger partial charge < -0.3 is 16.0 Å². The highest BCUT2D eigenvalue weighted by Crippen LogP contribution is 2.19. The third kappa shape index (κ3) is 4.25. The first-order valence-corrected chi connectivity index (χ1v) is 8.60. The number of hydrogen-bond donors (Lipinski definition) is 2. The number of hydrogen-bond acceptors (Lipinski definition) is 3. The van der Waals surface area contributed by atoms with Gasteiger partial charge in [-0.15, -0.1) is 0 Å². The molecule has 0 aliphatic carbocycles. The third-order valence-electron chi connectivity index (χ3n) is 4.53. The van der Waals surface area contributed by atoms with Crippen molar-refractivity contribution in [3.8, 4) is 0 Å². The Kier molecular flexibility index (Phi) is 5.46. The maximum absolute atomic E-state index is 12.6. The summed E-state index contributed by atoms with van der Waals surface area (Å²) in [6.45, 7) is 1.70. The molecule has 3 rings (SSSR count). The number of carbonyl (C=O) groups excluding carboxylic acids is 2. The van der Waals surface area contributed by atoms with Crippen LogP contribution in [0.25, 0.3) is 0 Å². The maximum atomic E-state index is 12.6. The molecule has 25 heavy (non-hydrogen) atoms. The molecule has 1 heterocycles. The van der Waals surface area contributed by atoms with E-state index in [1.54, 1.807) is 12.1 Å². The number of nitrogens with two attached hydrogens (primary N) is 1. The number of nitrogens with zero attached hydrogens (tertiary/aromatic N) is 1. The van der Waals surface area contributed by atoms with Gasteiger partial charge in [-0.05, 0) is 29.7 Å². The second kappa shape index (κ2) is 7.94. The zero-order chi connectivity index (χ0) is 17.6. The van der Waals surface area contributed by atoms with E-state index in [0.29, 0.717) is 25.1 Å². The van der Waals surface area contributed by atoms with Crippen LogP contribution in [0.4, 0.5) is 0 Å². The fourth-order valence-corrected chi connectivity index (χ4v) is 3.07. The molecule has 0 bridgehead atoms. The van der Waals surface area contributed by atoms with E-state index >= 15 is 0 Å². The van der Waals surface area contributed by atoms with E-state index in [1.165, 1.54) is 0 Å². The maximum Gasteiger partial charge on any atom is 0.251 e. The van der Waals surface area contributed by atoms with Crippen molar-refractivity contribution in [3.63, 3.8) is 0 Å². The molecule has 1 saturated heterocycles. The smallest absolute Gasteiger partial charge is 0.251 e. The van der Waals surface area contributed by atoms with Crippen LogP contribution < -0.4 is 11.1 Å². The monoisotopic (exact) mass is 337 g/mol. The summed E-state index contributed by atoms with van der Waals surface area (Å²) in [6.07, 6.45) is 1.48. The summed E-state index contributed by atoms with van der Waals surface area (Å²) >= 11 is 0. The number of carbonyl (C=O) groups is 2. The minimum Gasteiger partial charge on any atom is -0.343 e. The number of likely N-dealkylation sites (tertiary alicyclic amines) is 1. The zero-order valence-corrected chi connectivity index (χ0v) is 14.2. The topological polar surface area (TPSA) is 75.4 Å². The number of benzene rings is 2. The summed E-state index contributed by atoms with van der Waals surface area (Å²) in [5, 5.41) is 3.07. The Labute approximate surface area is 147 Å². The molecule has 0 aromatic heterocycles. The normalized spacial score (nSPS) is 15.2. The third-order valence-corrected chi connectivity index (χ3v) is 4.53. The van der Waals surface area contributed by atoms with Gasteiger partial charge in [0.2, 0.25) is 5.91 Å². The predicted molar refractivity (Wildman–Crippen MR) is 96.8 cm³/mol. The van der Waals surface area contributed by atoms with E-state index < -0.39 is 0 Å². The SMILES string of the molecule is NCc1ccc(C(=O)NC(CN2CCCC2=O)c2ccccc2)cc1. The van der Waals surface area contributed by atoms with Crippen LogP contribution in [0.1, 0.15) is 40.4 Å². The van der Waals surface area contributed by atoms with Gasteiger partial charge in [-0.3, -0.25) is 9.59 Å². The van der Waals surface area contributed by atoms with Gasteiger partial charge >= 0.3 is 0 Å². The molecular formula is C20H23N3O2. The molecule has 5 nitrogen and oxygen atoms in total. The van der Waals surface area contributed by atoms with Crippen molar-refractivity contribution >= 4 is 11.8 Å². The van der Waals surface area contributed by atoms with Gasteiger partial charge in [-0.1, -0.05) is 42.5 Å². The van der Waals surface area contributed by atoms with E-state index in [9.17, 15) is 9.59 Å². The van der Waals surface area contributed by atoms with Crippen molar-refractivity contribution in [2.24, 2.45) is 5.73 Å². The van der Waals surface area contributed by atoms with Gasteiger partial charge in [0.05, 0.1) is 6.04 Å². The van der Waals surface area contributed by atoms with Crippen LogP contribution in [0, 0.1) is 0 Å². The second-order valence-corrected chi connectivity index (χ2v) is 6.28. The van der Waals surface area contributed by atoms with Crippen LogP contribution in [0.2, 0.25) is 0 Å². The molecule has 2 amide bonds. The lowest BCUT2D eigenvalue weighted by molar-refractivity contribution is -0.128. The van der Waals surface area contributed by atoms with Gasteiger partial charge in [0.15, 0.2) is 0 Å². The molecule has 5 heteroatoms. The van der Waals surface area contributed by atoms with Crippen molar-refractivity contribution < 1.29 is 9.59 Å². The molecule has 1 atom stereocenters. The van der Waals surface area contributed by atoms with Crippen molar-refractivity contribution in [2.45, 2.75) is 25.4 Å². The highest BCUT2D eigenvalue weighted by Gasteiger charge is 2.25. The molecule has 1 aliphatic rings. The van der Waals surface area contributed by atoms with Crippen LogP contribution in [-0.2, 0) is 11.3 Å². The van der Waals surface area contributed by atoms with Crippen LogP contribution in [0.15, 0.2) is 54.6 Å². The van der Waals surface area contributed by atoms with Crippen molar-refractivity contribution in [2.75, 3.05) is 13.1 Å². The fourth-order valence-electron chi connectivity index (χ4n) is 3.07. The molecule has 1 fully saturated rings. The Morgan fingerprint density at radius 2 is 1.84 bits per heavy atom. The van der Waals surface area contributed by atoms with Crippen LogP contribution >= 0.6 is 0 Å². The Morgan fingerprint density at radius 3 is 2.44 bits per heavy atom. The molecular weight excluding hydrogens is 314 g/mol. The van der Waals surface area contributed by atoms with Crippen molar-refractivity contribution in [1.82, 2.24) is 10.2 Å². The average Bonchev–Trinajstić information content (AvgIpc) is 3.06. The molecule has 2 aromatic rings. The van der Waals surface area contributed by atoms with E-state index in [2.05, 4.69) is 5.32 Å². The summed E-state index contributed by atoms with van der Waals surface area (Å²) in [5.41, 5.74) is 8.17. The first kappa shape index (κ1) is 17.2. The Balaban J connectivity index is 1.76. The van der Waals surface area contributed by atoms with E-state index in [0.717, 1.165) is 24.1 Å². The van der Waals surface area contributed by atoms with E-state index in [1.807, 2.05) is 47.4 Å². The predicted octanol–water partition coefficient (Wildman–Crippen LogP) is 2.24. The van der Waals surface area contributed by atoms with Gasteiger partial charge in [0.25, 0.3) is 5.91 Å². The van der Waals surface area contributed by atoms with Gasteiger partial charge in [0.1, 0.15) is 0 Å². The first-order chi connectivity index (χ1) is 12.2. The molecule has 1 aliphatic heterocycles. The average molecular weight is 337 g/mol. The molecule has 2 aromatic carbocycles. The lowest BCUT2D eigenvalue weighted by Gasteiger charge is -2.25.